The van der Waals surface area contributed by atoms with E-state index in [4.69, 9.17) is 9.84 Å². The number of nitrogens with one attached hydrogen (secondary N) is 1. The van der Waals surface area contributed by atoms with Crippen molar-refractivity contribution in [2.75, 3.05) is 19.5 Å². The van der Waals surface area contributed by atoms with Crippen LogP contribution >= 0.6 is 11.8 Å². The number of carbonyl (C=O) groups excluding carboxylic acids is 1. The first-order valence-corrected chi connectivity index (χ1v) is 7.53. The summed E-state index contributed by atoms with van der Waals surface area (Å²) < 4.78 is 5.25. The maximum atomic E-state index is 12.2. The Kier molecular flexibility index (Phi) is 4.67. The second-order valence-corrected chi connectivity index (χ2v) is 5.72. The first kappa shape index (κ1) is 14.9. The van der Waals surface area contributed by atoms with Crippen LogP contribution in [0.1, 0.15) is 23.2 Å². The molecular weight excluding hydrogens is 278 g/mol. The van der Waals surface area contributed by atoms with Crippen molar-refractivity contribution in [2.24, 2.45) is 0 Å². The predicted molar refractivity (Wildman–Crippen MR) is 76.1 cm³/mol. The first-order chi connectivity index (χ1) is 9.54. The highest BCUT2D eigenvalue weighted by atomic mass is 32.2. The van der Waals surface area contributed by atoms with Gasteiger partial charge in [0.1, 0.15) is 0 Å². The molecule has 1 aliphatic rings. The summed E-state index contributed by atoms with van der Waals surface area (Å²) in [6.45, 7) is 0.715. The standard InChI is InChI=1S/C14H17NO4S/c1-20-11-4-2-10(3-5-11)13(18)15-14(8-12(16)17)6-7-19-9-14/h2-5H,6-9H2,1H3,(H,15,18)(H,16,17). The number of carboxylic acids is 1. The lowest BCUT2D eigenvalue weighted by molar-refractivity contribution is -0.138. The van der Waals surface area contributed by atoms with Crippen molar-refractivity contribution in [3.63, 3.8) is 0 Å². The van der Waals surface area contributed by atoms with Crippen LogP contribution in [-0.2, 0) is 9.53 Å². The maximum absolute atomic E-state index is 12.2. The van der Waals surface area contributed by atoms with E-state index in [-0.39, 0.29) is 18.9 Å². The highest BCUT2D eigenvalue weighted by molar-refractivity contribution is 7.98. The summed E-state index contributed by atoms with van der Waals surface area (Å²) in [5.41, 5.74) is -0.263. The zero-order chi connectivity index (χ0) is 14.6. The molecule has 20 heavy (non-hydrogen) atoms. The molecule has 0 spiro atoms. The third-order valence-corrected chi connectivity index (χ3v) is 4.07. The molecule has 0 bridgehead atoms. The lowest BCUT2D eigenvalue weighted by atomic mass is 9.94. The topological polar surface area (TPSA) is 75.6 Å². The van der Waals surface area contributed by atoms with Crippen molar-refractivity contribution in [3.05, 3.63) is 29.8 Å². The molecule has 1 aromatic carbocycles. The summed E-state index contributed by atoms with van der Waals surface area (Å²) >= 11 is 1.60. The monoisotopic (exact) mass is 295 g/mol. The number of amides is 1. The number of thioether (sulfide) groups is 1. The fourth-order valence-electron chi connectivity index (χ4n) is 2.23. The zero-order valence-electron chi connectivity index (χ0n) is 11.2. The summed E-state index contributed by atoms with van der Waals surface area (Å²) in [5.74, 6) is -1.20. The molecular formula is C14H17NO4S. The van der Waals surface area contributed by atoms with Gasteiger partial charge in [0.05, 0.1) is 18.6 Å². The first-order valence-electron chi connectivity index (χ1n) is 6.31. The van der Waals surface area contributed by atoms with Gasteiger partial charge < -0.3 is 15.2 Å². The number of hydrogen-bond acceptors (Lipinski definition) is 4. The van der Waals surface area contributed by atoms with Crippen LogP contribution in [0.3, 0.4) is 0 Å². The third kappa shape index (κ3) is 3.52. The Morgan fingerprint density at radius 3 is 2.60 bits per heavy atom. The SMILES string of the molecule is CSc1ccc(C(=O)NC2(CC(=O)O)CCOC2)cc1. The third-order valence-electron chi connectivity index (χ3n) is 3.32. The quantitative estimate of drug-likeness (QED) is 0.810. The van der Waals surface area contributed by atoms with Gasteiger partial charge in [-0.3, -0.25) is 9.59 Å². The van der Waals surface area contributed by atoms with Gasteiger partial charge in [-0.05, 0) is 36.9 Å². The van der Waals surface area contributed by atoms with E-state index in [1.807, 2.05) is 18.4 Å². The minimum absolute atomic E-state index is 0.123. The largest absolute Gasteiger partial charge is 0.481 e. The van der Waals surface area contributed by atoms with Gasteiger partial charge >= 0.3 is 5.97 Å². The summed E-state index contributed by atoms with van der Waals surface area (Å²) in [5, 5.41) is 11.8. The molecule has 2 rings (SSSR count). The molecule has 1 aromatic rings. The van der Waals surface area contributed by atoms with Crippen LogP contribution in [-0.4, -0.2) is 42.0 Å². The van der Waals surface area contributed by atoms with Crippen LogP contribution in [0.4, 0.5) is 0 Å². The highest BCUT2D eigenvalue weighted by Gasteiger charge is 2.38. The fourth-order valence-corrected chi connectivity index (χ4v) is 2.64. The van der Waals surface area contributed by atoms with E-state index in [1.165, 1.54) is 0 Å². The second kappa shape index (κ2) is 6.28. The van der Waals surface area contributed by atoms with Crippen molar-refractivity contribution in [1.29, 1.82) is 0 Å². The molecule has 0 saturated carbocycles. The summed E-state index contributed by atoms with van der Waals surface area (Å²) in [7, 11) is 0. The van der Waals surface area contributed by atoms with E-state index in [9.17, 15) is 9.59 Å². The normalized spacial score (nSPS) is 21.6. The number of carbonyl (C=O) groups is 2. The van der Waals surface area contributed by atoms with Crippen molar-refractivity contribution in [2.45, 2.75) is 23.3 Å². The van der Waals surface area contributed by atoms with Gasteiger partial charge in [0.15, 0.2) is 0 Å². The molecule has 108 valence electrons. The molecule has 1 saturated heterocycles. The Balaban J connectivity index is 2.09. The molecule has 2 N–H and O–H groups in total. The molecule has 5 nitrogen and oxygen atoms in total. The number of benzene rings is 1. The average molecular weight is 295 g/mol. The Hall–Kier alpha value is -1.53. The van der Waals surface area contributed by atoms with E-state index in [1.54, 1.807) is 23.9 Å². The van der Waals surface area contributed by atoms with E-state index < -0.39 is 11.5 Å². The molecule has 1 fully saturated rings. The van der Waals surface area contributed by atoms with Crippen molar-refractivity contribution in [3.8, 4) is 0 Å². The van der Waals surface area contributed by atoms with Gasteiger partial charge in [0.25, 0.3) is 5.91 Å². The molecule has 6 heteroatoms. The zero-order valence-corrected chi connectivity index (χ0v) is 12.0. The predicted octanol–water partition coefficient (Wildman–Crippen LogP) is 1.77. The van der Waals surface area contributed by atoms with Crippen LogP contribution in [0.25, 0.3) is 0 Å². The smallest absolute Gasteiger partial charge is 0.305 e. The average Bonchev–Trinajstić information content (AvgIpc) is 2.86. The van der Waals surface area contributed by atoms with Crippen molar-refractivity contribution in [1.82, 2.24) is 5.32 Å². The van der Waals surface area contributed by atoms with Gasteiger partial charge in [0, 0.05) is 17.1 Å². The lowest BCUT2D eigenvalue weighted by Gasteiger charge is -2.27. The highest BCUT2D eigenvalue weighted by Crippen LogP contribution is 2.23. The lowest BCUT2D eigenvalue weighted by Crippen LogP contribution is -2.50. The molecule has 1 atom stereocenters. The van der Waals surface area contributed by atoms with E-state index >= 15 is 0 Å². The minimum Gasteiger partial charge on any atom is -0.481 e. The number of rotatable bonds is 5. The molecule has 1 heterocycles. The van der Waals surface area contributed by atoms with Crippen LogP contribution in [0.2, 0.25) is 0 Å². The van der Waals surface area contributed by atoms with Crippen LogP contribution < -0.4 is 5.32 Å². The van der Waals surface area contributed by atoms with Crippen molar-refractivity contribution >= 4 is 23.6 Å². The number of hydrogen-bond donors (Lipinski definition) is 2. The van der Waals surface area contributed by atoms with Crippen LogP contribution in [0, 0.1) is 0 Å². The molecule has 1 aliphatic heterocycles. The summed E-state index contributed by atoms with van der Waals surface area (Å²) in [6, 6.07) is 7.22. The van der Waals surface area contributed by atoms with Crippen LogP contribution in [0.5, 0.6) is 0 Å². The Bertz CT molecular complexity index is 494. The van der Waals surface area contributed by atoms with Gasteiger partial charge in [-0.2, -0.15) is 0 Å². The molecule has 0 aromatic heterocycles. The summed E-state index contributed by atoms with van der Waals surface area (Å²) in [6.07, 6.45) is 2.36. The molecule has 1 amide bonds. The number of ether oxygens (including phenoxy) is 1. The van der Waals surface area contributed by atoms with Crippen molar-refractivity contribution < 1.29 is 19.4 Å². The van der Waals surface area contributed by atoms with Gasteiger partial charge in [-0.15, -0.1) is 11.8 Å². The Labute approximate surface area is 121 Å². The van der Waals surface area contributed by atoms with Gasteiger partial charge in [-0.1, -0.05) is 0 Å². The van der Waals surface area contributed by atoms with E-state index in [0.717, 1.165) is 4.90 Å². The maximum Gasteiger partial charge on any atom is 0.305 e. The number of aliphatic carboxylic acids is 1. The Morgan fingerprint density at radius 2 is 2.10 bits per heavy atom. The Morgan fingerprint density at radius 1 is 1.40 bits per heavy atom. The van der Waals surface area contributed by atoms with Gasteiger partial charge in [-0.25, -0.2) is 0 Å². The second-order valence-electron chi connectivity index (χ2n) is 4.84. The van der Waals surface area contributed by atoms with Gasteiger partial charge in [0.2, 0.25) is 0 Å². The van der Waals surface area contributed by atoms with Crippen LogP contribution in [0.15, 0.2) is 29.2 Å². The molecule has 1 unspecified atom stereocenters. The van der Waals surface area contributed by atoms with E-state index in [2.05, 4.69) is 5.32 Å². The number of carboxylic acid groups (broad SMARTS) is 1. The summed E-state index contributed by atoms with van der Waals surface area (Å²) in [4.78, 5) is 24.2. The fraction of sp³-hybridized carbons (Fsp3) is 0.429. The molecule has 0 radical (unpaired) electrons. The van der Waals surface area contributed by atoms with E-state index in [0.29, 0.717) is 18.6 Å². The minimum atomic E-state index is -0.937. The molecule has 0 aliphatic carbocycles.